The van der Waals surface area contributed by atoms with Crippen LogP contribution >= 0.6 is 11.8 Å². The zero-order chi connectivity index (χ0) is 11.4. The summed E-state index contributed by atoms with van der Waals surface area (Å²) in [6.45, 7) is 2.29. The summed E-state index contributed by atoms with van der Waals surface area (Å²) in [5.41, 5.74) is 5.01. The van der Waals surface area contributed by atoms with Crippen molar-refractivity contribution < 1.29 is 9.90 Å². The van der Waals surface area contributed by atoms with Crippen LogP contribution in [0, 0.1) is 0 Å². The summed E-state index contributed by atoms with van der Waals surface area (Å²) in [7, 11) is 0. The Morgan fingerprint density at radius 2 is 2.47 bits per heavy atom. The Kier molecular flexibility index (Phi) is 3.92. The Balaban J connectivity index is 2.65. The number of carbonyl (C=O) groups is 1. The van der Waals surface area contributed by atoms with Crippen LogP contribution in [-0.2, 0) is 11.3 Å². The number of rotatable bonds is 5. The predicted octanol–water partition coefficient (Wildman–Crippen LogP) is -0.905. The molecule has 1 atom stereocenters. The molecule has 84 valence electrons. The molecule has 1 heterocycles. The number of nitrogens with zero attached hydrogens (tertiary/aromatic N) is 2. The lowest BCUT2D eigenvalue weighted by atomic mass is 10.4. The van der Waals surface area contributed by atoms with E-state index in [0.717, 1.165) is 11.8 Å². The molecule has 0 aliphatic heterocycles. The van der Waals surface area contributed by atoms with E-state index in [1.165, 1.54) is 4.57 Å². The molecule has 7 nitrogen and oxygen atoms in total. The van der Waals surface area contributed by atoms with Crippen molar-refractivity contribution in [2.45, 2.75) is 24.7 Å². The van der Waals surface area contributed by atoms with Gasteiger partial charge >= 0.3 is 11.7 Å². The van der Waals surface area contributed by atoms with Crippen LogP contribution in [0.4, 0.5) is 0 Å². The highest BCUT2D eigenvalue weighted by Crippen LogP contribution is 2.13. The Morgan fingerprint density at radius 3 is 3.00 bits per heavy atom. The minimum atomic E-state index is -1.07. The SMILES string of the molecule is CCn1c(SCC(N)C(=O)O)n[nH]c1=O. The van der Waals surface area contributed by atoms with Gasteiger partial charge in [-0.15, -0.1) is 5.10 Å². The van der Waals surface area contributed by atoms with Crippen molar-refractivity contribution in [2.75, 3.05) is 5.75 Å². The molecule has 0 aliphatic rings. The van der Waals surface area contributed by atoms with Crippen LogP contribution in [0.2, 0.25) is 0 Å². The van der Waals surface area contributed by atoms with Crippen LogP contribution in [0.25, 0.3) is 0 Å². The van der Waals surface area contributed by atoms with Gasteiger partial charge in [0.2, 0.25) is 0 Å². The van der Waals surface area contributed by atoms with Gasteiger partial charge in [0, 0.05) is 12.3 Å². The van der Waals surface area contributed by atoms with Crippen molar-refractivity contribution >= 4 is 17.7 Å². The number of hydrogen-bond donors (Lipinski definition) is 3. The van der Waals surface area contributed by atoms with E-state index in [1.807, 2.05) is 0 Å². The van der Waals surface area contributed by atoms with Crippen LogP contribution in [0.15, 0.2) is 9.95 Å². The van der Waals surface area contributed by atoms with E-state index in [4.69, 9.17) is 10.8 Å². The number of hydrogen-bond acceptors (Lipinski definition) is 5. The van der Waals surface area contributed by atoms with Crippen LogP contribution in [0.1, 0.15) is 6.92 Å². The van der Waals surface area contributed by atoms with E-state index >= 15 is 0 Å². The zero-order valence-electron chi connectivity index (χ0n) is 8.14. The smallest absolute Gasteiger partial charge is 0.343 e. The maximum absolute atomic E-state index is 11.1. The highest BCUT2D eigenvalue weighted by atomic mass is 32.2. The van der Waals surface area contributed by atoms with E-state index < -0.39 is 12.0 Å². The molecule has 0 amide bonds. The van der Waals surface area contributed by atoms with Crippen molar-refractivity contribution in [1.29, 1.82) is 0 Å². The van der Waals surface area contributed by atoms with Gasteiger partial charge in [0.15, 0.2) is 5.16 Å². The van der Waals surface area contributed by atoms with Gasteiger partial charge in [-0.25, -0.2) is 9.89 Å². The van der Waals surface area contributed by atoms with Crippen LogP contribution in [0.3, 0.4) is 0 Å². The van der Waals surface area contributed by atoms with Crippen molar-refractivity contribution in [3.63, 3.8) is 0 Å². The Labute approximate surface area is 89.7 Å². The molecule has 0 fully saturated rings. The molecule has 8 heteroatoms. The minimum absolute atomic E-state index is 0.180. The van der Waals surface area contributed by atoms with Crippen molar-refractivity contribution in [1.82, 2.24) is 14.8 Å². The second-order valence-electron chi connectivity index (χ2n) is 2.81. The topological polar surface area (TPSA) is 114 Å². The molecule has 4 N–H and O–H groups in total. The highest BCUT2D eigenvalue weighted by molar-refractivity contribution is 7.99. The Morgan fingerprint density at radius 1 is 1.80 bits per heavy atom. The first-order chi connectivity index (χ1) is 7.06. The van der Waals surface area contributed by atoms with E-state index in [9.17, 15) is 9.59 Å². The molecule has 0 spiro atoms. The number of aromatic nitrogens is 3. The van der Waals surface area contributed by atoms with Crippen molar-refractivity contribution in [3.05, 3.63) is 10.5 Å². The molecule has 1 rings (SSSR count). The van der Waals surface area contributed by atoms with Crippen molar-refractivity contribution in [2.24, 2.45) is 5.73 Å². The fourth-order valence-corrected chi connectivity index (χ4v) is 1.88. The molecule has 1 aromatic rings. The molecule has 1 unspecified atom stereocenters. The van der Waals surface area contributed by atoms with Crippen LogP contribution in [-0.4, -0.2) is 37.6 Å². The second kappa shape index (κ2) is 4.99. The second-order valence-corrected chi connectivity index (χ2v) is 3.80. The quantitative estimate of drug-likeness (QED) is 0.566. The largest absolute Gasteiger partial charge is 0.480 e. The fraction of sp³-hybridized carbons (Fsp3) is 0.571. The first kappa shape index (κ1) is 11.8. The van der Waals surface area contributed by atoms with Gasteiger partial charge in [-0.05, 0) is 6.92 Å². The molecule has 1 aromatic heterocycles. The number of nitrogens with two attached hydrogens (primary N) is 1. The molecular formula is C7H12N4O3S. The number of carboxylic acids is 1. The summed E-state index contributed by atoms with van der Waals surface area (Å²) < 4.78 is 1.42. The number of nitrogens with one attached hydrogen (secondary N) is 1. The van der Waals surface area contributed by atoms with Gasteiger partial charge in [0.1, 0.15) is 6.04 Å². The van der Waals surface area contributed by atoms with Gasteiger partial charge in [-0.3, -0.25) is 9.36 Å². The highest BCUT2D eigenvalue weighted by Gasteiger charge is 2.14. The van der Waals surface area contributed by atoms with E-state index in [-0.39, 0.29) is 11.4 Å². The standard InChI is InChI=1S/C7H12N4O3S/c1-2-11-6(14)9-10-7(11)15-3-4(8)5(12)13/h4H,2-3,8H2,1H3,(H,9,14)(H,12,13). The monoisotopic (exact) mass is 232 g/mol. The Bertz CT molecular complexity index is 399. The van der Waals surface area contributed by atoms with E-state index in [2.05, 4.69) is 10.2 Å². The first-order valence-corrected chi connectivity index (χ1v) is 5.31. The average Bonchev–Trinajstić information content (AvgIpc) is 2.55. The molecule has 15 heavy (non-hydrogen) atoms. The summed E-state index contributed by atoms with van der Waals surface area (Å²) in [4.78, 5) is 21.6. The predicted molar refractivity (Wildman–Crippen MR) is 54.9 cm³/mol. The molecule has 0 aromatic carbocycles. The normalized spacial score (nSPS) is 12.7. The lowest BCUT2D eigenvalue weighted by Gasteiger charge is -2.05. The maximum Gasteiger partial charge on any atom is 0.343 e. The number of aromatic amines is 1. The van der Waals surface area contributed by atoms with Gasteiger partial charge in [0.25, 0.3) is 0 Å². The third-order valence-corrected chi connectivity index (χ3v) is 2.84. The Hall–Kier alpha value is -1.28. The molecule has 0 bridgehead atoms. The first-order valence-electron chi connectivity index (χ1n) is 4.32. The number of carboxylic acid groups (broad SMARTS) is 1. The molecular weight excluding hydrogens is 220 g/mol. The third-order valence-electron chi connectivity index (χ3n) is 1.75. The number of H-pyrrole nitrogens is 1. The van der Waals surface area contributed by atoms with Gasteiger partial charge in [-0.1, -0.05) is 11.8 Å². The summed E-state index contributed by atoms with van der Waals surface area (Å²) in [5, 5.41) is 15.1. The maximum atomic E-state index is 11.1. The van der Waals surface area contributed by atoms with E-state index in [1.54, 1.807) is 6.92 Å². The lowest BCUT2D eigenvalue weighted by molar-refractivity contribution is -0.137. The summed E-state index contributed by atoms with van der Waals surface area (Å²) >= 11 is 1.14. The number of thioether (sulfide) groups is 1. The molecule has 0 saturated heterocycles. The third kappa shape index (κ3) is 2.83. The fourth-order valence-electron chi connectivity index (χ4n) is 0.928. The van der Waals surface area contributed by atoms with Crippen LogP contribution < -0.4 is 11.4 Å². The molecule has 0 saturated carbocycles. The summed E-state index contributed by atoms with van der Waals surface area (Å²) in [6, 6.07) is -0.952. The summed E-state index contributed by atoms with van der Waals surface area (Å²) in [6.07, 6.45) is 0. The molecule has 0 radical (unpaired) electrons. The zero-order valence-corrected chi connectivity index (χ0v) is 8.95. The average molecular weight is 232 g/mol. The van der Waals surface area contributed by atoms with Crippen LogP contribution in [0.5, 0.6) is 0 Å². The van der Waals surface area contributed by atoms with Crippen molar-refractivity contribution in [3.8, 4) is 0 Å². The lowest BCUT2D eigenvalue weighted by Crippen LogP contribution is -2.32. The van der Waals surface area contributed by atoms with E-state index in [0.29, 0.717) is 11.7 Å². The number of aliphatic carboxylic acids is 1. The van der Waals surface area contributed by atoms with Gasteiger partial charge in [0.05, 0.1) is 0 Å². The van der Waals surface area contributed by atoms with Gasteiger partial charge in [-0.2, -0.15) is 0 Å². The minimum Gasteiger partial charge on any atom is -0.480 e. The van der Waals surface area contributed by atoms with Gasteiger partial charge < -0.3 is 10.8 Å². The molecule has 0 aliphatic carbocycles. The summed E-state index contributed by atoms with van der Waals surface area (Å²) in [5.74, 6) is -0.886.